The Bertz CT molecular complexity index is 1120. The third-order valence-electron chi connectivity index (χ3n) is 5.76. The van der Waals surface area contributed by atoms with Gasteiger partial charge < -0.3 is 10.1 Å². The second-order valence-corrected chi connectivity index (χ2v) is 11.9. The zero-order valence-corrected chi connectivity index (χ0v) is 23.6. The first-order valence-electron chi connectivity index (χ1n) is 12.3. The second kappa shape index (κ2) is 13.8. The van der Waals surface area contributed by atoms with E-state index in [9.17, 15) is 9.00 Å². The standard InChI is InChI=1S/C24H31ClN4O3S.C3H8/c1-6-21-23(27-17(3)25)29(16(2)19-9-10-19)24(30)22(28-21)26-15-18-7-11-20(12-8-18)33(5,31)14-13-32-4;1-3-2/h6-8,11-12,16,19H,3,5,9-10,13-15H2,1-2,4H3,(H,26,28);3H2,1-2H3/b21-6+,27-23+;. The van der Waals surface area contributed by atoms with Crippen molar-refractivity contribution in [3.63, 3.8) is 0 Å². The van der Waals surface area contributed by atoms with E-state index >= 15 is 0 Å². The number of nitrogens with one attached hydrogen (secondary N) is 1. The Labute approximate surface area is 221 Å². The van der Waals surface area contributed by atoms with E-state index in [1.54, 1.807) is 24.1 Å². The molecule has 1 aliphatic carbocycles. The Hall–Kier alpha value is -2.42. The highest BCUT2D eigenvalue weighted by atomic mass is 35.5. The summed E-state index contributed by atoms with van der Waals surface area (Å²) in [5, 5.41) is 3.21. The highest BCUT2D eigenvalue weighted by molar-refractivity contribution is 8.00. The number of hydrogen-bond acceptors (Lipinski definition) is 5. The first kappa shape index (κ1) is 29.8. The summed E-state index contributed by atoms with van der Waals surface area (Å²) in [6.45, 7) is 12.5. The fourth-order valence-corrected chi connectivity index (χ4v) is 5.01. The molecule has 1 aliphatic heterocycles. The molecule has 7 nitrogen and oxygen atoms in total. The van der Waals surface area contributed by atoms with Crippen molar-refractivity contribution >= 4 is 44.6 Å². The molecule has 0 aromatic heterocycles. The van der Waals surface area contributed by atoms with Gasteiger partial charge in [0.1, 0.15) is 5.16 Å². The number of allylic oxidation sites excluding steroid dienone is 1. The van der Waals surface area contributed by atoms with Crippen molar-refractivity contribution in [3.8, 4) is 0 Å². The van der Waals surface area contributed by atoms with E-state index in [0.29, 0.717) is 41.3 Å². The lowest BCUT2D eigenvalue weighted by atomic mass is 10.1. The second-order valence-electron chi connectivity index (χ2n) is 8.92. The number of amides is 1. The quantitative estimate of drug-likeness (QED) is 0.358. The van der Waals surface area contributed by atoms with Gasteiger partial charge in [0.15, 0.2) is 11.7 Å². The van der Waals surface area contributed by atoms with Gasteiger partial charge in [-0.25, -0.2) is 4.99 Å². The van der Waals surface area contributed by atoms with Crippen molar-refractivity contribution in [2.45, 2.75) is 64.4 Å². The number of amidine groups is 2. The van der Waals surface area contributed by atoms with E-state index in [4.69, 9.17) is 16.3 Å². The van der Waals surface area contributed by atoms with Crippen molar-refractivity contribution in [2.75, 3.05) is 19.5 Å². The number of methoxy groups -OCH3 is 1. The van der Waals surface area contributed by atoms with E-state index < -0.39 is 9.52 Å². The summed E-state index contributed by atoms with van der Waals surface area (Å²) in [4.78, 5) is 24.6. The molecule has 36 heavy (non-hydrogen) atoms. The van der Waals surface area contributed by atoms with Gasteiger partial charge in [-0.3, -0.25) is 18.9 Å². The van der Waals surface area contributed by atoms with Crippen LogP contribution in [0.4, 0.5) is 0 Å². The van der Waals surface area contributed by atoms with Crippen LogP contribution < -0.4 is 5.32 Å². The Morgan fingerprint density at radius 3 is 2.44 bits per heavy atom. The Balaban J connectivity index is 0.00000145. The number of carbonyl (C=O) groups is 1. The number of halogens is 1. The summed E-state index contributed by atoms with van der Waals surface area (Å²) in [5.74, 6) is 5.12. The van der Waals surface area contributed by atoms with Crippen LogP contribution in [0.2, 0.25) is 0 Å². The van der Waals surface area contributed by atoms with Gasteiger partial charge in [0.05, 0.1) is 18.8 Å². The number of rotatable bonds is 9. The molecule has 2 atom stereocenters. The van der Waals surface area contributed by atoms with Crippen LogP contribution >= 0.6 is 11.6 Å². The fourth-order valence-electron chi connectivity index (χ4n) is 3.63. The molecule has 1 aromatic carbocycles. The van der Waals surface area contributed by atoms with Crippen molar-refractivity contribution in [1.82, 2.24) is 10.2 Å². The molecule has 198 valence electrons. The minimum Gasteiger partial charge on any atom is -0.384 e. The van der Waals surface area contributed by atoms with E-state index in [1.165, 1.54) is 6.42 Å². The molecule has 0 radical (unpaired) electrons. The van der Waals surface area contributed by atoms with Gasteiger partial charge in [-0.15, -0.1) is 0 Å². The third-order valence-corrected chi connectivity index (χ3v) is 7.80. The molecule has 2 aliphatic rings. The lowest BCUT2D eigenvalue weighted by molar-refractivity contribution is -0.122. The highest BCUT2D eigenvalue weighted by Gasteiger charge is 2.41. The normalized spacial score (nSPS) is 21.6. The number of hydrogen-bond donors (Lipinski definition) is 1. The molecule has 0 bridgehead atoms. The largest absolute Gasteiger partial charge is 0.384 e. The van der Waals surface area contributed by atoms with Crippen LogP contribution in [0.3, 0.4) is 0 Å². The van der Waals surface area contributed by atoms with Crippen molar-refractivity contribution in [2.24, 2.45) is 15.9 Å². The Morgan fingerprint density at radius 1 is 1.33 bits per heavy atom. The van der Waals surface area contributed by atoms with Crippen LogP contribution in [-0.2, 0) is 25.6 Å². The predicted octanol–water partition coefficient (Wildman–Crippen LogP) is 4.97. The molecular formula is C27H39ClN4O3S. The van der Waals surface area contributed by atoms with E-state index in [1.807, 2.05) is 32.1 Å². The van der Waals surface area contributed by atoms with E-state index in [2.05, 4.69) is 41.6 Å². The van der Waals surface area contributed by atoms with Crippen LogP contribution in [0.5, 0.6) is 0 Å². The maximum absolute atomic E-state index is 13.4. The van der Waals surface area contributed by atoms with Crippen LogP contribution in [-0.4, -0.2) is 58.1 Å². The maximum atomic E-state index is 13.4. The van der Waals surface area contributed by atoms with Gasteiger partial charge in [-0.2, -0.15) is 0 Å². The first-order chi connectivity index (χ1) is 17.1. The Morgan fingerprint density at radius 2 is 1.94 bits per heavy atom. The lowest BCUT2D eigenvalue weighted by Gasteiger charge is -2.36. The minimum absolute atomic E-state index is 0.0221. The number of benzene rings is 1. The van der Waals surface area contributed by atoms with E-state index in [0.717, 1.165) is 18.4 Å². The van der Waals surface area contributed by atoms with Gasteiger partial charge in [0.2, 0.25) is 0 Å². The molecule has 3 rings (SSSR count). The average molecular weight is 535 g/mol. The van der Waals surface area contributed by atoms with Gasteiger partial charge in [-0.05, 0) is 65.7 Å². The summed E-state index contributed by atoms with van der Waals surface area (Å²) >= 11 is 5.96. The molecule has 1 saturated heterocycles. The topological polar surface area (TPSA) is 83.4 Å². The first-order valence-corrected chi connectivity index (χ1v) is 14.5. The number of aliphatic imine (C=N–C) groups is 2. The molecule has 2 unspecified atom stereocenters. The highest BCUT2D eigenvalue weighted by Crippen LogP contribution is 2.36. The average Bonchev–Trinajstić information content (AvgIpc) is 3.68. The van der Waals surface area contributed by atoms with Crippen molar-refractivity contribution in [1.29, 1.82) is 0 Å². The fraction of sp³-hybridized carbons (Fsp3) is 0.481. The van der Waals surface area contributed by atoms with Gasteiger partial charge >= 0.3 is 0 Å². The molecule has 1 heterocycles. The van der Waals surface area contributed by atoms with Crippen LogP contribution in [0, 0.1) is 5.92 Å². The van der Waals surface area contributed by atoms with Crippen LogP contribution in [0.15, 0.2) is 62.7 Å². The molecular weight excluding hydrogens is 496 g/mol. The summed E-state index contributed by atoms with van der Waals surface area (Å²) in [6.07, 6.45) is 5.25. The van der Waals surface area contributed by atoms with Crippen molar-refractivity contribution in [3.05, 3.63) is 53.3 Å². The summed E-state index contributed by atoms with van der Waals surface area (Å²) < 4.78 is 17.8. The molecule has 1 aromatic rings. The van der Waals surface area contributed by atoms with E-state index in [-0.39, 0.29) is 22.9 Å². The number of nitrogens with zero attached hydrogens (tertiary/aromatic N) is 3. The zero-order chi connectivity index (χ0) is 26.9. The smallest absolute Gasteiger partial charge is 0.295 e. The molecule has 1 saturated carbocycles. The maximum Gasteiger partial charge on any atom is 0.295 e. The molecule has 0 spiro atoms. The summed E-state index contributed by atoms with van der Waals surface area (Å²) in [5.41, 5.74) is 1.55. The van der Waals surface area contributed by atoms with Crippen LogP contribution in [0.1, 0.15) is 52.5 Å². The minimum atomic E-state index is -2.40. The SMILES string of the molecule is C=C(Cl)/N=C1\C(=C/C)NC(=NCc2ccc(S(=C)(=O)CCOC)cc2)C(=O)N1C(C)C1CC1.CCC. The Kier molecular flexibility index (Phi) is 11.4. The lowest BCUT2D eigenvalue weighted by Crippen LogP contribution is -2.57. The van der Waals surface area contributed by atoms with Gasteiger partial charge in [0, 0.05) is 23.8 Å². The molecule has 1 amide bonds. The predicted molar refractivity (Wildman–Crippen MR) is 152 cm³/mol. The number of ether oxygens (including phenoxy) is 1. The third kappa shape index (κ3) is 8.05. The zero-order valence-electron chi connectivity index (χ0n) is 22.1. The summed E-state index contributed by atoms with van der Waals surface area (Å²) in [7, 11) is -0.828. The monoisotopic (exact) mass is 534 g/mol. The number of carbonyl (C=O) groups excluding carboxylic acids is 1. The molecule has 1 N–H and O–H groups in total. The van der Waals surface area contributed by atoms with Gasteiger partial charge in [-0.1, -0.05) is 56.7 Å². The molecule has 9 heteroatoms. The van der Waals surface area contributed by atoms with Crippen LogP contribution in [0.25, 0.3) is 0 Å². The van der Waals surface area contributed by atoms with Crippen molar-refractivity contribution < 1.29 is 13.7 Å². The molecule has 2 fully saturated rings. The van der Waals surface area contributed by atoms with Gasteiger partial charge in [0.25, 0.3) is 5.91 Å². The summed E-state index contributed by atoms with van der Waals surface area (Å²) in [6, 6.07) is 7.29. The number of piperazine rings is 1.